The van der Waals surface area contributed by atoms with Gasteiger partial charge in [0.2, 0.25) is 11.6 Å². The fraction of sp³-hybridized carbons (Fsp3) is 0.0952. The highest BCUT2D eigenvalue weighted by molar-refractivity contribution is 5.89. The summed E-state index contributed by atoms with van der Waals surface area (Å²) in [6.07, 6.45) is 0. The van der Waals surface area contributed by atoms with Gasteiger partial charge in [-0.3, -0.25) is 20.2 Å². The van der Waals surface area contributed by atoms with E-state index >= 15 is 0 Å². The maximum atomic E-state index is 13.1. The Balaban J connectivity index is 0.000000294. The number of rotatable bonds is 6. The van der Waals surface area contributed by atoms with Gasteiger partial charge in [-0.15, -0.1) is 0 Å². The summed E-state index contributed by atoms with van der Waals surface area (Å²) in [5, 5.41) is 20.9. The minimum Gasteiger partial charge on any atom is -0.462 e. The molecule has 0 fully saturated rings. The van der Waals surface area contributed by atoms with E-state index in [9.17, 15) is 38.2 Å². The van der Waals surface area contributed by atoms with E-state index in [-0.39, 0.29) is 23.7 Å². The van der Waals surface area contributed by atoms with Crippen LogP contribution in [0.4, 0.5) is 24.5 Å². The minimum atomic E-state index is -1.03. The van der Waals surface area contributed by atoms with E-state index in [0.717, 1.165) is 24.3 Å². The van der Waals surface area contributed by atoms with E-state index in [4.69, 9.17) is 9.47 Å². The zero-order valence-corrected chi connectivity index (χ0v) is 16.9. The van der Waals surface area contributed by atoms with Crippen molar-refractivity contribution >= 4 is 17.3 Å². The number of nitro benzene ring substituents is 2. The van der Waals surface area contributed by atoms with E-state index in [2.05, 4.69) is 0 Å². The molecule has 0 aromatic heterocycles. The maximum absolute atomic E-state index is 13.1. The first-order valence-electron chi connectivity index (χ1n) is 9.10. The van der Waals surface area contributed by atoms with Crippen LogP contribution in [0.15, 0.2) is 60.7 Å². The molecular formula is C21H15F3N2O7. The van der Waals surface area contributed by atoms with Crippen LogP contribution in [-0.4, -0.2) is 22.4 Å². The molecule has 0 aliphatic carbocycles. The van der Waals surface area contributed by atoms with Gasteiger partial charge in [-0.25, -0.2) is 13.6 Å². The molecule has 3 aromatic rings. The third-order valence-corrected chi connectivity index (χ3v) is 3.80. The Hall–Kier alpha value is -4.48. The van der Waals surface area contributed by atoms with Crippen molar-refractivity contribution in [3.8, 4) is 11.5 Å². The van der Waals surface area contributed by atoms with Gasteiger partial charge in [0, 0.05) is 0 Å². The number of nitrogens with zero attached hydrogens (tertiary/aromatic N) is 2. The van der Waals surface area contributed by atoms with Crippen LogP contribution in [0.1, 0.15) is 17.3 Å². The smallest absolute Gasteiger partial charge is 0.338 e. The highest BCUT2D eigenvalue weighted by Crippen LogP contribution is 2.32. The van der Waals surface area contributed by atoms with E-state index in [1.807, 2.05) is 0 Å². The van der Waals surface area contributed by atoms with Crippen LogP contribution in [0.25, 0.3) is 0 Å². The highest BCUT2D eigenvalue weighted by atomic mass is 19.1. The molecule has 3 rings (SSSR count). The summed E-state index contributed by atoms with van der Waals surface area (Å²) in [4.78, 5) is 30.8. The van der Waals surface area contributed by atoms with Crippen molar-refractivity contribution in [3.63, 3.8) is 0 Å². The summed E-state index contributed by atoms with van der Waals surface area (Å²) < 4.78 is 48.0. The summed E-state index contributed by atoms with van der Waals surface area (Å²) in [5.74, 6) is -3.02. The van der Waals surface area contributed by atoms with E-state index in [1.54, 1.807) is 13.0 Å². The van der Waals surface area contributed by atoms with Gasteiger partial charge < -0.3 is 9.47 Å². The van der Waals surface area contributed by atoms with Crippen molar-refractivity contribution < 1.29 is 37.3 Å². The first-order valence-corrected chi connectivity index (χ1v) is 9.10. The number of halogens is 3. The standard InChI is InChI=1S/C15H12FNO5.C6H3F2NO2/c1-2-21-15(18)10-4-3-5-12(8-10)22-14-7-6-11(16)9-13(14)17(19)20;7-4-1-2-5(8)6(3-4)9(10)11/h3-9H,2H2,1H3;1-3H. The summed E-state index contributed by atoms with van der Waals surface area (Å²) in [7, 11) is 0. The van der Waals surface area contributed by atoms with Crippen LogP contribution >= 0.6 is 0 Å². The normalized spacial score (nSPS) is 9.94. The number of carbonyl (C=O) groups is 1. The van der Waals surface area contributed by atoms with Crippen molar-refractivity contribution in [2.45, 2.75) is 6.92 Å². The first kappa shape index (κ1) is 24.8. The topological polar surface area (TPSA) is 122 Å². The Labute approximate surface area is 184 Å². The van der Waals surface area contributed by atoms with Crippen molar-refractivity contribution in [1.82, 2.24) is 0 Å². The molecule has 0 amide bonds. The van der Waals surface area contributed by atoms with Crippen LogP contribution in [0.2, 0.25) is 0 Å². The number of hydrogen-bond donors (Lipinski definition) is 0. The molecule has 0 heterocycles. The summed E-state index contributed by atoms with van der Waals surface area (Å²) in [6.45, 7) is 1.91. The molecule has 0 aliphatic rings. The predicted molar refractivity (Wildman–Crippen MR) is 109 cm³/mol. The van der Waals surface area contributed by atoms with E-state index < -0.39 is 44.6 Å². The SMILES string of the molecule is CCOC(=O)c1cccc(Oc2ccc(F)cc2[N+](=O)[O-])c1.O=[N+]([O-])c1cc(F)ccc1F. The van der Waals surface area contributed by atoms with Gasteiger partial charge >= 0.3 is 17.3 Å². The fourth-order valence-electron chi connectivity index (χ4n) is 2.37. The van der Waals surface area contributed by atoms with Crippen molar-refractivity contribution in [2.75, 3.05) is 6.61 Å². The Kier molecular flexibility index (Phi) is 8.43. The first-order chi connectivity index (χ1) is 15.6. The maximum Gasteiger partial charge on any atom is 0.338 e. The van der Waals surface area contributed by atoms with E-state index in [1.165, 1.54) is 18.2 Å². The minimum absolute atomic E-state index is 0.118. The molecule has 0 unspecified atom stereocenters. The lowest BCUT2D eigenvalue weighted by molar-refractivity contribution is -0.387. The molecule has 0 N–H and O–H groups in total. The molecule has 172 valence electrons. The van der Waals surface area contributed by atoms with Gasteiger partial charge in [-0.2, -0.15) is 4.39 Å². The molecule has 0 saturated carbocycles. The van der Waals surface area contributed by atoms with Gasteiger partial charge in [0.15, 0.2) is 0 Å². The molecule has 0 atom stereocenters. The second kappa shape index (κ2) is 11.2. The van der Waals surface area contributed by atoms with Crippen LogP contribution in [0.3, 0.4) is 0 Å². The van der Waals surface area contributed by atoms with Gasteiger partial charge in [-0.05, 0) is 49.4 Å². The van der Waals surface area contributed by atoms with Crippen LogP contribution in [0, 0.1) is 37.7 Å². The fourth-order valence-corrected chi connectivity index (χ4v) is 2.37. The van der Waals surface area contributed by atoms with Gasteiger partial charge in [0.1, 0.15) is 17.4 Å². The molecule has 0 saturated heterocycles. The van der Waals surface area contributed by atoms with Crippen molar-refractivity contribution in [2.24, 2.45) is 0 Å². The lowest BCUT2D eigenvalue weighted by Crippen LogP contribution is -2.04. The van der Waals surface area contributed by atoms with Gasteiger partial charge in [-0.1, -0.05) is 6.07 Å². The highest BCUT2D eigenvalue weighted by Gasteiger charge is 2.18. The van der Waals surface area contributed by atoms with Crippen LogP contribution in [-0.2, 0) is 4.74 Å². The van der Waals surface area contributed by atoms with Crippen LogP contribution in [0.5, 0.6) is 11.5 Å². The largest absolute Gasteiger partial charge is 0.462 e. The Bertz CT molecular complexity index is 1190. The number of carbonyl (C=O) groups excluding carboxylic acids is 1. The second-order valence-electron chi connectivity index (χ2n) is 6.07. The average Bonchev–Trinajstić information content (AvgIpc) is 2.77. The predicted octanol–water partition coefficient (Wildman–Crippen LogP) is 5.58. The monoisotopic (exact) mass is 464 g/mol. The summed E-state index contributed by atoms with van der Waals surface area (Å²) >= 11 is 0. The number of esters is 1. The number of nitro groups is 2. The summed E-state index contributed by atoms with van der Waals surface area (Å²) in [5.41, 5.74) is -1.09. The van der Waals surface area contributed by atoms with Gasteiger partial charge in [0.05, 0.1) is 34.1 Å². The molecule has 0 bridgehead atoms. The zero-order valence-electron chi connectivity index (χ0n) is 16.9. The molecule has 0 aliphatic heterocycles. The van der Waals surface area contributed by atoms with E-state index in [0.29, 0.717) is 12.1 Å². The Morgan fingerprint density at radius 1 is 0.879 bits per heavy atom. The van der Waals surface area contributed by atoms with Crippen molar-refractivity contribution in [3.05, 3.63) is 104 Å². The second-order valence-corrected chi connectivity index (χ2v) is 6.07. The molecule has 33 heavy (non-hydrogen) atoms. The third kappa shape index (κ3) is 7.02. The van der Waals surface area contributed by atoms with Crippen molar-refractivity contribution in [1.29, 1.82) is 0 Å². The molecule has 0 spiro atoms. The van der Waals surface area contributed by atoms with Gasteiger partial charge in [0.25, 0.3) is 0 Å². The number of benzene rings is 3. The lowest BCUT2D eigenvalue weighted by atomic mass is 10.2. The molecular weight excluding hydrogens is 449 g/mol. The molecule has 3 aromatic carbocycles. The Morgan fingerprint density at radius 2 is 1.48 bits per heavy atom. The molecule has 0 radical (unpaired) electrons. The number of ether oxygens (including phenoxy) is 2. The molecule has 12 heteroatoms. The number of hydrogen-bond acceptors (Lipinski definition) is 7. The lowest BCUT2D eigenvalue weighted by Gasteiger charge is -2.08. The van der Waals surface area contributed by atoms with Crippen LogP contribution < -0.4 is 4.74 Å². The zero-order chi connectivity index (χ0) is 24.5. The Morgan fingerprint density at radius 3 is 2.06 bits per heavy atom. The average molecular weight is 464 g/mol. The third-order valence-electron chi connectivity index (χ3n) is 3.80. The summed E-state index contributed by atoms with van der Waals surface area (Å²) in [6, 6.07) is 11.1. The quantitative estimate of drug-likeness (QED) is 0.265. The molecule has 9 nitrogen and oxygen atoms in total.